The van der Waals surface area contributed by atoms with Crippen molar-refractivity contribution in [3.05, 3.63) is 59.0 Å². The van der Waals surface area contributed by atoms with Crippen LogP contribution in [0.25, 0.3) is 0 Å². The van der Waals surface area contributed by atoms with Crippen LogP contribution in [0.3, 0.4) is 0 Å². The predicted molar refractivity (Wildman–Crippen MR) is 132 cm³/mol. The number of aromatic nitrogens is 3. The molecule has 1 aromatic carbocycles. The van der Waals surface area contributed by atoms with Gasteiger partial charge in [0, 0.05) is 31.4 Å². The van der Waals surface area contributed by atoms with E-state index >= 15 is 0 Å². The van der Waals surface area contributed by atoms with Gasteiger partial charge in [0.05, 0.1) is 36.9 Å². The number of anilines is 3. The Balaban J connectivity index is 0.00000324. The van der Waals surface area contributed by atoms with Crippen LogP contribution in [-0.4, -0.2) is 40.9 Å². The van der Waals surface area contributed by atoms with E-state index in [1.165, 1.54) is 19.2 Å². The lowest BCUT2D eigenvalue weighted by atomic mass is 10.1. The van der Waals surface area contributed by atoms with Gasteiger partial charge in [0.15, 0.2) is 17.4 Å². The molecule has 1 amide bonds. The summed E-state index contributed by atoms with van der Waals surface area (Å²) in [6.07, 6.45) is 4.19. The van der Waals surface area contributed by atoms with Crippen LogP contribution < -0.4 is 20.3 Å². The van der Waals surface area contributed by atoms with Crippen molar-refractivity contribution in [2.75, 3.05) is 29.7 Å². The maximum absolute atomic E-state index is 13.9. The van der Waals surface area contributed by atoms with E-state index in [-0.39, 0.29) is 32.0 Å². The molecule has 182 valence electrons. The van der Waals surface area contributed by atoms with Crippen molar-refractivity contribution < 1.29 is 18.3 Å². The molecule has 4 rings (SSSR count). The fourth-order valence-corrected chi connectivity index (χ4v) is 4.05. The molecule has 2 aromatic heterocycles. The van der Waals surface area contributed by atoms with Crippen LogP contribution in [0.4, 0.5) is 26.0 Å². The van der Waals surface area contributed by atoms with Crippen molar-refractivity contribution in [2.24, 2.45) is 0 Å². The smallest absolute Gasteiger partial charge is 0.247 e. The highest BCUT2D eigenvalue weighted by molar-refractivity contribution is 7.59. The molecule has 0 bridgehead atoms. The summed E-state index contributed by atoms with van der Waals surface area (Å²) in [4.78, 5) is 18.8. The summed E-state index contributed by atoms with van der Waals surface area (Å²) in [5.41, 5.74) is 3.69. The Bertz CT molecular complexity index is 1180. The zero-order valence-corrected chi connectivity index (χ0v) is 20.4. The van der Waals surface area contributed by atoms with Crippen LogP contribution in [0, 0.1) is 18.6 Å². The maximum atomic E-state index is 13.9. The van der Waals surface area contributed by atoms with Gasteiger partial charge in [-0.15, -0.1) is 0 Å². The summed E-state index contributed by atoms with van der Waals surface area (Å²) in [6, 6.07) is 4.16. The molecule has 0 saturated heterocycles. The Labute approximate surface area is 203 Å². The van der Waals surface area contributed by atoms with Gasteiger partial charge in [0.1, 0.15) is 11.9 Å². The second-order valence-electron chi connectivity index (χ2n) is 8.00. The van der Waals surface area contributed by atoms with Gasteiger partial charge in [-0.05, 0) is 31.0 Å². The average Bonchev–Trinajstić information content (AvgIpc) is 3.20. The van der Waals surface area contributed by atoms with E-state index in [9.17, 15) is 13.6 Å². The van der Waals surface area contributed by atoms with E-state index in [0.29, 0.717) is 24.3 Å². The van der Waals surface area contributed by atoms with Gasteiger partial charge in [0.25, 0.3) is 0 Å². The summed E-state index contributed by atoms with van der Waals surface area (Å²) in [5.74, 6) is -1.24. The van der Waals surface area contributed by atoms with E-state index in [1.807, 2.05) is 31.9 Å². The number of pyridine rings is 1. The molecule has 0 unspecified atom stereocenters. The van der Waals surface area contributed by atoms with E-state index in [4.69, 9.17) is 4.74 Å². The summed E-state index contributed by atoms with van der Waals surface area (Å²) < 4.78 is 34.2. The SMILES string of the molecule is CC[C@H]1C(=O)Nc2c(cc(NCc3cnn(Cc4cc(F)c(OC)c(F)c4)c3)nc2C)N1C.S. The number of hydrogen-bond acceptors (Lipinski definition) is 6. The molecule has 1 aliphatic rings. The fraction of sp³-hybridized carbons (Fsp3) is 0.348. The van der Waals surface area contributed by atoms with Gasteiger partial charge in [-0.1, -0.05) is 6.92 Å². The lowest BCUT2D eigenvalue weighted by Crippen LogP contribution is -2.45. The van der Waals surface area contributed by atoms with Crippen molar-refractivity contribution in [2.45, 2.75) is 39.4 Å². The molecule has 11 heteroatoms. The first-order chi connectivity index (χ1) is 15.8. The number of amides is 1. The first-order valence-corrected chi connectivity index (χ1v) is 10.6. The number of fused-ring (bicyclic) bond motifs is 1. The highest BCUT2D eigenvalue weighted by Gasteiger charge is 2.30. The largest absolute Gasteiger partial charge is 0.491 e. The van der Waals surface area contributed by atoms with Gasteiger partial charge in [-0.3, -0.25) is 9.48 Å². The lowest BCUT2D eigenvalue weighted by molar-refractivity contribution is -0.117. The summed E-state index contributed by atoms with van der Waals surface area (Å²) in [6.45, 7) is 4.52. The topological polar surface area (TPSA) is 84.3 Å². The molecule has 0 aliphatic carbocycles. The molecule has 34 heavy (non-hydrogen) atoms. The molecule has 0 radical (unpaired) electrons. The van der Waals surface area contributed by atoms with E-state index < -0.39 is 17.4 Å². The Morgan fingerprint density at radius 3 is 2.56 bits per heavy atom. The minimum Gasteiger partial charge on any atom is -0.491 e. The number of hydrogen-bond donors (Lipinski definition) is 2. The van der Waals surface area contributed by atoms with E-state index in [0.717, 1.165) is 22.6 Å². The third-order valence-corrected chi connectivity index (χ3v) is 5.73. The third kappa shape index (κ3) is 4.93. The molecule has 3 aromatic rings. The third-order valence-electron chi connectivity index (χ3n) is 5.73. The van der Waals surface area contributed by atoms with Crippen molar-refractivity contribution in [3.8, 4) is 5.75 Å². The van der Waals surface area contributed by atoms with Crippen LogP contribution in [0.2, 0.25) is 0 Å². The Kier molecular flexibility index (Phi) is 7.65. The summed E-state index contributed by atoms with van der Waals surface area (Å²) in [7, 11) is 3.13. The first-order valence-electron chi connectivity index (χ1n) is 10.6. The molecular weight excluding hydrogens is 462 g/mol. The predicted octanol–water partition coefficient (Wildman–Crippen LogP) is 3.81. The Morgan fingerprint density at radius 2 is 1.91 bits per heavy atom. The summed E-state index contributed by atoms with van der Waals surface area (Å²) >= 11 is 0. The van der Waals surface area contributed by atoms with Gasteiger partial charge in [-0.25, -0.2) is 13.8 Å². The van der Waals surface area contributed by atoms with Crippen LogP contribution in [0.5, 0.6) is 5.75 Å². The molecule has 3 heterocycles. The number of carbonyl (C=O) groups excluding carboxylic acids is 1. The van der Waals surface area contributed by atoms with Gasteiger partial charge >= 0.3 is 0 Å². The number of benzene rings is 1. The van der Waals surface area contributed by atoms with E-state index in [2.05, 4.69) is 20.7 Å². The lowest BCUT2D eigenvalue weighted by Gasteiger charge is -2.35. The number of carbonyl (C=O) groups is 1. The quantitative estimate of drug-likeness (QED) is 0.524. The molecule has 0 spiro atoms. The summed E-state index contributed by atoms with van der Waals surface area (Å²) in [5, 5.41) is 10.5. The normalized spacial score (nSPS) is 14.8. The average molecular weight is 491 g/mol. The minimum absolute atomic E-state index is 0. The zero-order valence-electron chi connectivity index (χ0n) is 19.4. The molecule has 0 fully saturated rings. The number of rotatable bonds is 7. The molecular formula is C23H28F2N6O2S. The standard InChI is InChI=1S/C23H26F2N6O2.H2S/c1-5-18-23(32)29-21-13(2)28-20(8-19(21)30(18)3)26-9-15-10-27-31(12-15)11-14-6-16(24)22(33-4)17(25)7-14;/h6-8,10,12,18H,5,9,11H2,1-4H3,(H,26,28)(H,29,32);1H2/t18-;/m0./s1. The van der Waals surface area contributed by atoms with Crippen molar-refractivity contribution in [3.63, 3.8) is 0 Å². The van der Waals surface area contributed by atoms with Gasteiger partial charge in [0.2, 0.25) is 5.91 Å². The molecule has 0 saturated carbocycles. The van der Waals surface area contributed by atoms with Crippen molar-refractivity contribution in [1.82, 2.24) is 14.8 Å². The van der Waals surface area contributed by atoms with Crippen LogP contribution >= 0.6 is 13.5 Å². The first kappa shape index (κ1) is 25.3. The number of ether oxygens (including phenoxy) is 1. The Morgan fingerprint density at radius 1 is 1.21 bits per heavy atom. The van der Waals surface area contributed by atoms with Crippen LogP contribution in [-0.2, 0) is 17.9 Å². The zero-order chi connectivity index (χ0) is 23.7. The molecule has 2 N–H and O–H groups in total. The molecule has 1 aliphatic heterocycles. The monoisotopic (exact) mass is 490 g/mol. The maximum Gasteiger partial charge on any atom is 0.247 e. The number of nitrogens with zero attached hydrogens (tertiary/aromatic N) is 4. The van der Waals surface area contributed by atoms with E-state index in [1.54, 1.807) is 17.1 Å². The highest BCUT2D eigenvalue weighted by atomic mass is 32.1. The minimum atomic E-state index is -0.748. The molecule has 8 nitrogen and oxygen atoms in total. The number of methoxy groups -OCH3 is 1. The number of likely N-dealkylation sites (N-methyl/N-ethyl adjacent to an activating group) is 1. The fourth-order valence-electron chi connectivity index (χ4n) is 4.05. The van der Waals surface area contributed by atoms with Gasteiger partial charge in [-0.2, -0.15) is 18.6 Å². The molecule has 1 atom stereocenters. The van der Waals surface area contributed by atoms with Crippen LogP contribution in [0.15, 0.2) is 30.6 Å². The van der Waals surface area contributed by atoms with Crippen LogP contribution in [0.1, 0.15) is 30.2 Å². The highest BCUT2D eigenvalue weighted by Crippen LogP contribution is 2.35. The van der Waals surface area contributed by atoms with Gasteiger partial charge < -0.3 is 20.3 Å². The van der Waals surface area contributed by atoms with Crippen molar-refractivity contribution in [1.29, 1.82) is 0 Å². The van der Waals surface area contributed by atoms with Crippen molar-refractivity contribution >= 4 is 36.6 Å². The second kappa shape index (κ2) is 10.3. The number of nitrogens with one attached hydrogen (secondary N) is 2. The second-order valence-corrected chi connectivity index (χ2v) is 8.00. The number of halogens is 2. The Hall–Kier alpha value is -3.34. The number of aryl methyl sites for hydroxylation is 1.